The smallest absolute Gasteiger partial charge is 0.329 e. The standard InChI is InChI=1S/C13H22N2O4/c16-12(17)9-19-11-5-7-15(8-6-11)13(18)14-10-3-1-2-4-10/h10-11H,1-9H2,(H,14,18)(H,16,17). The van der Waals surface area contributed by atoms with Gasteiger partial charge in [-0.1, -0.05) is 12.8 Å². The second-order valence-corrected chi connectivity index (χ2v) is 5.32. The van der Waals surface area contributed by atoms with Gasteiger partial charge in [0, 0.05) is 19.1 Å². The van der Waals surface area contributed by atoms with Crippen molar-refractivity contribution in [1.29, 1.82) is 0 Å². The monoisotopic (exact) mass is 270 g/mol. The van der Waals surface area contributed by atoms with Crippen LogP contribution in [-0.4, -0.2) is 53.8 Å². The Kier molecular flexibility index (Phi) is 5.01. The van der Waals surface area contributed by atoms with Gasteiger partial charge in [0.05, 0.1) is 6.10 Å². The fraction of sp³-hybridized carbons (Fsp3) is 0.846. The maximum Gasteiger partial charge on any atom is 0.329 e. The van der Waals surface area contributed by atoms with E-state index in [2.05, 4.69) is 5.32 Å². The molecule has 0 spiro atoms. The van der Waals surface area contributed by atoms with Crippen LogP contribution >= 0.6 is 0 Å². The Bertz CT molecular complexity index is 321. The molecule has 1 heterocycles. The number of carboxylic acids is 1. The molecule has 2 N–H and O–H groups in total. The van der Waals surface area contributed by atoms with Crippen LogP contribution in [0.4, 0.5) is 4.79 Å². The zero-order chi connectivity index (χ0) is 13.7. The second kappa shape index (κ2) is 6.75. The zero-order valence-corrected chi connectivity index (χ0v) is 11.1. The molecule has 1 saturated heterocycles. The fourth-order valence-corrected chi connectivity index (χ4v) is 2.75. The number of nitrogens with one attached hydrogen (secondary N) is 1. The Labute approximate surface area is 113 Å². The number of piperidine rings is 1. The first-order chi connectivity index (χ1) is 9.15. The number of carboxylic acid groups (broad SMARTS) is 1. The average Bonchev–Trinajstić information content (AvgIpc) is 2.89. The van der Waals surface area contributed by atoms with Gasteiger partial charge >= 0.3 is 12.0 Å². The molecule has 2 aliphatic rings. The van der Waals surface area contributed by atoms with Gasteiger partial charge in [-0.05, 0) is 25.7 Å². The summed E-state index contributed by atoms with van der Waals surface area (Å²) in [4.78, 5) is 24.2. The number of amides is 2. The fourth-order valence-electron chi connectivity index (χ4n) is 2.75. The van der Waals surface area contributed by atoms with Gasteiger partial charge in [0.25, 0.3) is 0 Å². The Morgan fingerprint density at radius 2 is 1.79 bits per heavy atom. The number of carbonyl (C=O) groups is 2. The normalized spacial score (nSPS) is 21.6. The van der Waals surface area contributed by atoms with Gasteiger partial charge in [-0.15, -0.1) is 0 Å². The van der Waals surface area contributed by atoms with Crippen molar-refractivity contribution in [2.45, 2.75) is 50.7 Å². The largest absolute Gasteiger partial charge is 0.480 e. The Morgan fingerprint density at radius 1 is 1.16 bits per heavy atom. The van der Waals surface area contributed by atoms with Crippen LogP contribution in [-0.2, 0) is 9.53 Å². The van der Waals surface area contributed by atoms with Crippen molar-refractivity contribution < 1.29 is 19.4 Å². The summed E-state index contributed by atoms with van der Waals surface area (Å²) < 4.78 is 5.25. The summed E-state index contributed by atoms with van der Waals surface area (Å²) in [5, 5.41) is 11.6. The maximum absolute atomic E-state index is 12.0. The highest BCUT2D eigenvalue weighted by Gasteiger charge is 2.25. The quantitative estimate of drug-likeness (QED) is 0.804. The predicted molar refractivity (Wildman–Crippen MR) is 69.0 cm³/mol. The molecule has 1 saturated carbocycles. The molecular weight excluding hydrogens is 248 g/mol. The first-order valence-corrected chi connectivity index (χ1v) is 7.04. The molecule has 2 fully saturated rings. The van der Waals surface area contributed by atoms with Crippen molar-refractivity contribution in [3.63, 3.8) is 0 Å². The molecular formula is C13H22N2O4. The summed E-state index contributed by atoms with van der Waals surface area (Å²) in [5.41, 5.74) is 0. The predicted octanol–water partition coefficient (Wildman–Crippen LogP) is 1.20. The molecule has 6 heteroatoms. The lowest BCUT2D eigenvalue weighted by molar-refractivity contribution is -0.145. The van der Waals surface area contributed by atoms with Crippen LogP contribution in [0, 0.1) is 0 Å². The number of hydrogen-bond acceptors (Lipinski definition) is 3. The third-order valence-corrected chi connectivity index (χ3v) is 3.85. The van der Waals surface area contributed by atoms with Gasteiger partial charge in [-0.25, -0.2) is 9.59 Å². The molecule has 0 atom stereocenters. The van der Waals surface area contributed by atoms with Crippen molar-refractivity contribution in [3.05, 3.63) is 0 Å². The summed E-state index contributed by atoms with van der Waals surface area (Å²) in [7, 11) is 0. The van der Waals surface area contributed by atoms with E-state index in [1.807, 2.05) is 0 Å². The third kappa shape index (κ3) is 4.38. The molecule has 108 valence electrons. The molecule has 1 aliphatic carbocycles. The number of nitrogens with zero attached hydrogens (tertiary/aromatic N) is 1. The van der Waals surface area contributed by atoms with Crippen LogP contribution in [0.15, 0.2) is 0 Å². The number of urea groups is 1. The minimum Gasteiger partial charge on any atom is -0.480 e. The van der Waals surface area contributed by atoms with Crippen molar-refractivity contribution >= 4 is 12.0 Å². The van der Waals surface area contributed by atoms with Gasteiger partial charge < -0.3 is 20.1 Å². The summed E-state index contributed by atoms with van der Waals surface area (Å²) in [5.74, 6) is -0.943. The van der Waals surface area contributed by atoms with Gasteiger partial charge in [0.2, 0.25) is 0 Å². The van der Waals surface area contributed by atoms with E-state index in [0.29, 0.717) is 32.0 Å². The lowest BCUT2D eigenvalue weighted by atomic mass is 10.1. The van der Waals surface area contributed by atoms with Crippen LogP contribution in [0.5, 0.6) is 0 Å². The van der Waals surface area contributed by atoms with Gasteiger partial charge in [-0.2, -0.15) is 0 Å². The summed E-state index contributed by atoms with van der Waals surface area (Å²) in [6, 6.07) is 0.358. The van der Waals surface area contributed by atoms with E-state index < -0.39 is 5.97 Å². The topological polar surface area (TPSA) is 78.9 Å². The molecule has 0 aromatic heterocycles. The minimum absolute atomic E-state index is 0.0172. The Morgan fingerprint density at radius 3 is 2.37 bits per heavy atom. The summed E-state index contributed by atoms with van der Waals surface area (Å²) >= 11 is 0. The molecule has 0 aromatic rings. The molecule has 0 aromatic carbocycles. The molecule has 0 radical (unpaired) electrons. The summed E-state index contributed by atoms with van der Waals surface area (Å²) in [6.07, 6.45) is 5.98. The van der Waals surface area contributed by atoms with Gasteiger partial charge in [0.15, 0.2) is 0 Å². The van der Waals surface area contributed by atoms with Crippen molar-refractivity contribution in [1.82, 2.24) is 10.2 Å². The van der Waals surface area contributed by atoms with Crippen molar-refractivity contribution in [3.8, 4) is 0 Å². The maximum atomic E-state index is 12.0. The lowest BCUT2D eigenvalue weighted by Gasteiger charge is -2.32. The van der Waals surface area contributed by atoms with E-state index in [-0.39, 0.29) is 18.7 Å². The second-order valence-electron chi connectivity index (χ2n) is 5.32. The molecule has 1 aliphatic heterocycles. The van der Waals surface area contributed by atoms with Crippen LogP contribution < -0.4 is 5.32 Å². The molecule has 6 nitrogen and oxygen atoms in total. The number of aliphatic carboxylic acids is 1. The first-order valence-electron chi connectivity index (χ1n) is 7.04. The van der Waals surface area contributed by atoms with E-state index in [0.717, 1.165) is 12.8 Å². The van der Waals surface area contributed by atoms with Crippen molar-refractivity contribution in [2.75, 3.05) is 19.7 Å². The highest BCUT2D eigenvalue weighted by atomic mass is 16.5. The van der Waals surface area contributed by atoms with Crippen LogP contribution in [0.2, 0.25) is 0 Å². The number of carbonyl (C=O) groups excluding carboxylic acids is 1. The number of ether oxygens (including phenoxy) is 1. The van der Waals surface area contributed by atoms with Crippen LogP contribution in [0.1, 0.15) is 38.5 Å². The van der Waals surface area contributed by atoms with E-state index in [1.165, 1.54) is 12.8 Å². The zero-order valence-electron chi connectivity index (χ0n) is 11.1. The number of hydrogen-bond donors (Lipinski definition) is 2. The van der Waals surface area contributed by atoms with Crippen molar-refractivity contribution in [2.24, 2.45) is 0 Å². The molecule has 19 heavy (non-hydrogen) atoms. The summed E-state index contributed by atoms with van der Waals surface area (Å²) in [6.45, 7) is 1.03. The minimum atomic E-state index is -0.943. The molecule has 2 rings (SSSR count). The first kappa shape index (κ1) is 14.1. The van der Waals surface area contributed by atoms with Gasteiger partial charge in [-0.3, -0.25) is 0 Å². The van der Waals surface area contributed by atoms with Gasteiger partial charge in [0.1, 0.15) is 6.61 Å². The number of rotatable bonds is 4. The average molecular weight is 270 g/mol. The van der Waals surface area contributed by atoms with E-state index in [4.69, 9.17) is 9.84 Å². The third-order valence-electron chi connectivity index (χ3n) is 3.85. The number of likely N-dealkylation sites (tertiary alicyclic amines) is 1. The van der Waals surface area contributed by atoms with E-state index in [1.54, 1.807) is 4.90 Å². The highest BCUT2D eigenvalue weighted by Crippen LogP contribution is 2.19. The van der Waals surface area contributed by atoms with Crippen LogP contribution in [0.25, 0.3) is 0 Å². The Balaban J connectivity index is 1.67. The molecule has 0 unspecified atom stereocenters. The molecule has 0 bridgehead atoms. The lowest BCUT2D eigenvalue weighted by Crippen LogP contribution is -2.48. The van der Waals surface area contributed by atoms with Crippen LogP contribution in [0.3, 0.4) is 0 Å². The Hall–Kier alpha value is -1.30. The SMILES string of the molecule is O=C(O)COC1CCN(C(=O)NC2CCCC2)CC1. The van der Waals surface area contributed by atoms with E-state index >= 15 is 0 Å². The highest BCUT2D eigenvalue weighted by molar-refractivity contribution is 5.74. The molecule has 2 amide bonds. The van der Waals surface area contributed by atoms with E-state index in [9.17, 15) is 9.59 Å².